The number of esters is 1. The predicted molar refractivity (Wildman–Crippen MR) is 95.1 cm³/mol. The summed E-state index contributed by atoms with van der Waals surface area (Å²) in [4.78, 5) is 23.8. The fourth-order valence-electron chi connectivity index (χ4n) is 1.99. The van der Waals surface area contributed by atoms with Gasteiger partial charge in [0, 0.05) is 10.6 Å². The third-order valence-electron chi connectivity index (χ3n) is 3.18. The van der Waals surface area contributed by atoms with Crippen molar-refractivity contribution in [3.05, 3.63) is 64.1 Å². The Morgan fingerprint density at radius 3 is 2.58 bits per heavy atom. The third kappa shape index (κ3) is 4.38. The minimum Gasteiger partial charge on any atom is -0.452 e. The minimum absolute atomic E-state index is 0.102. The Bertz CT molecular complexity index is 944. The monoisotopic (exact) mass is 391 g/mol. The molecular weight excluding hydrogens is 381 g/mol. The first-order valence-electron chi connectivity index (χ1n) is 7.34. The molecule has 0 saturated heterocycles. The Morgan fingerprint density at radius 1 is 1.08 bits per heavy atom. The lowest BCUT2D eigenvalue weighted by Crippen LogP contribution is -2.21. The van der Waals surface area contributed by atoms with Gasteiger partial charge in [-0.25, -0.2) is 4.79 Å². The molecule has 0 atom stereocenters. The molecule has 0 spiro atoms. The molecule has 0 aliphatic carbocycles. The molecule has 0 fully saturated rings. The molecule has 0 aliphatic rings. The fourth-order valence-corrected chi connectivity index (χ4v) is 2.48. The standard InChI is InChI=1S/C17H11Cl2N3O4/c18-11-6-7-12(13(19)8-11)16(24)25-9-14(23)20-17-22-21-15(26-17)10-4-2-1-3-5-10/h1-8H,9H2,(H,20,22,23). The van der Waals surface area contributed by atoms with E-state index in [4.69, 9.17) is 32.4 Å². The Kier molecular flexibility index (Phi) is 5.50. The van der Waals surface area contributed by atoms with Gasteiger partial charge in [-0.05, 0) is 30.3 Å². The molecule has 0 unspecified atom stereocenters. The van der Waals surface area contributed by atoms with Crippen LogP contribution in [0.2, 0.25) is 10.0 Å². The van der Waals surface area contributed by atoms with Gasteiger partial charge in [-0.3, -0.25) is 10.1 Å². The van der Waals surface area contributed by atoms with Gasteiger partial charge >= 0.3 is 12.0 Å². The van der Waals surface area contributed by atoms with Crippen molar-refractivity contribution in [2.75, 3.05) is 11.9 Å². The second-order valence-corrected chi connectivity index (χ2v) is 5.87. The van der Waals surface area contributed by atoms with Crippen molar-refractivity contribution in [1.82, 2.24) is 10.2 Å². The predicted octanol–water partition coefficient (Wildman–Crippen LogP) is 3.84. The number of benzene rings is 2. The molecule has 0 bridgehead atoms. The largest absolute Gasteiger partial charge is 0.452 e. The van der Waals surface area contributed by atoms with Crippen LogP contribution in [0.4, 0.5) is 6.01 Å². The van der Waals surface area contributed by atoms with Gasteiger partial charge in [0.2, 0.25) is 5.89 Å². The number of nitrogens with one attached hydrogen (secondary N) is 1. The number of nitrogens with zero attached hydrogens (tertiary/aromatic N) is 2. The van der Waals surface area contributed by atoms with E-state index in [1.165, 1.54) is 18.2 Å². The fraction of sp³-hybridized carbons (Fsp3) is 0.0588. The highest BCUT2D eigenvalue weighted by molar-refractivity contribution is 6.36. The van der Waals surface area contributed by atoms with Gasteiger partial charge in [0.05, 0.1) is 10.6 Å². The molecular formula is C17H11Cl2N3O4. The van der Waals surface area contributed by atoms with E-state index in [1.807, 2.05) is 18.2 Å². The summed E-state index contributed by atoms with van der Waals surface area (Å²) in [5.41, 5.74) is 0.817. The molecule has 0 aliphatic heterocycles. The number of carbonyl (C=O) groups is 2. The number of aromatic nitrogens is 2. The maximum Gasteiger partial charge on any atom is 0.340 e. The maximum atomic E-state index is 11.9. The number of hydrogen-bond acceptors (Lipinski definition) is 6. The first-order chi connectivity index (χ1) is 12.5. The van der Waals surface area contributed by atoms with Gasteiger partial charge in [-0.15, -0.1) is 5.10 Å². The van der Waals surface area contributed by atoms with Crippen LogP contribution in [0.15, 0.2) is 52.9 Å². The minimum atomic E-state index is -0.752. The lowest BCUT2D eigenvalue weighted by molar-refractivity contribution is -0.119. The summed E-state index contributed by atoms with van der Waals surface area (Å²) in [5.74, 6) is -1.13. The summed E-state index contributed by atoms with van der Waals surface area (Å²) in [6.45, 7) is -0.541. The van der Waals surface area contributed by atoms with Crippen LogP contribution in [0.1, 0.15) is 10.4 Å². The zero-order valence-corrected chi connectivity index (χ0v) is 14.6. The number of anilines is 1. The molecule has 0 saturated carbocycles. The average molecular weight is 392 g/mol. The molecule has 7 nitrogen and oxygen atoms in total. The van der Waals surface area contributed by atoms with Crippen molar-refractivity contribution in [2.24, 2.45) is 0 Å². The molecule has 1 heterocycles. The highest BCUT2D eigenvalue weighted by atomic mass is 35.5. The van der Waals surface area contributed by atoms with Crippen LogP contribution in [-0.4, -0.2) is 28.7 Å². The second-order valence-electron chi connectivity index (χ2n) is 5.03. The number of rotatable bonds is 5. The summed E-state index contributed by atoms with van der Waals surface area (Å²) < 4.78 is 10.2. The molecule has 1 N–H and O–H groups in total. The number of halogens is 2. The van der Waals surface area contributed by atoms with Gasteiger partial charge in [-0.2, -0.15) is 0 Å². The summed E-state index contributed by atoms with van der Waals surface area (Å²) >= 11 is 11.7. The van der Waals surface area contributed by atoms with Gasteiger partial charge in [-0.1, -0.05) is 46.5 Å². The van der Waals surface area contributed by atoms with E-state index in [2.05, 4.69) is 15.5 Å². The Labute approximate surface area is 157 Å². The first kappa shape index (κ1) is 17.9. The molecule has 3 rings (SSSR count). The number of ether oxygens (including phenoxy) is 1. The van der Waals surface area contributed by atoms with E-state index < -0.39 is 18.5 Å². The topological polar surface area (TPSA) is 94.3 Å². The van der Waals surface area contributed by atoms with Crippen LogP contribution in [0, 0.1) is 0 Å². The van der Waals surface area contributed by atoms with Crippen LogP contribution in [-0.2, 0) is 9.53 Å². The smallest absolute Gasteiger partial charge is 0.340 e. The number of amides is 1. The lowest BCUT2D eigenvalue weighted by Gasteiger charge is -2.06. The van der Waals surface area contributed by atoms with Crippen molar-refractivity contribution < 1.29 is 18.7 Å². The molecule has 26 heavy (non-hydrogen) atoms. The second kappa shape index (κ2) is 7.99. The number of carbonyl (C=O) groups excluding carboxylic acids is 2. The lowest BCUT2D eigenvalue weighted by atomic mass is 10.2. The van der Waals surface area contributed by atoms with Crippen LogP contribution in [0.5, 0.6) is 0 Å². The van der Waals surface area contributed by atoms with E-state index in [9.17, 15) is 9.59 Å². The van der Waals surface area contributed by atoms with E-state index in [-0.39, 0.29) is 22.5 Å². The normalized spacial score (nSPS) is 10.4. The van der Waals surface area contributed by atoms with Crippen molar-refractivity contribution in [3.63, 3.8) is 0 Å². The highest BCUT2D eigenvalue weighted by Crippen LogP contribution is 2.22. The highest BCUT2D eigenvalue weighted by Gasteiger charge is 2.16. The summed E-state index contributed by atoms with van der Waals surface area (Å²) in [7, 11) is 0. The molecule has 1 aromatic heterocycles. The van der Waals surface area contributed by atoms with Crippen molar-refractivity contribution in [2.45, 2.75) is 0 Å². The summed E-state index contributed by atoms with van der Waals surface area (Å²) in [6, 6.07) is 13.3. The first-order valence-corrected chi connectivity index (χ1v) is 8.09. The van der Waals surface area contributed by atoms with Gasteiger partial charge in [0.1, 0.15) is 0 Å². The van der Waals surface area contributed by atoms with E-state index in [0.717, 1.165) is 0 Å². The van der Waals surface area contributed by atoms with Crippen LogP contribution in [0.25, 0.3) is 11.5 Å². The zero-order valence-electron chi connectivity index (χ0n) is 13.1. The Balaban J connectivity index is 1.56. The molecule has 2 aromatic carbocycles. The average Bonchev–Trinajstić information content (AvgIpc) is 3.09. The third-order valence-corrected chi connectivity index (χ3v) is 3.73. The van der Waals surface area contributed by atoms with Crippen LogP contribution < -0.4 is 5.32 Å². The van der Waals surface area contributed by atoms with E-state index in [0.29, 0.717) is 10.6 Å². The van der Waals surface area contributed by atoms with Gasteiger partial charge in [0.15, 0.2) is 6.61 Å². The van der Waals surface area contributed by atoms with Gasteiger partial charge in [0.25, 0.3) is 5.91 Å². The molecule has 9 heteroatoms. The van der Waals surface area contributed by atoms with Crippen molar-refractivity contribution in [3.8, 4) is 11.5 Å². The summed E-state index contributed by atoms with van der Waals surface area (Å²) in [5, 5.41) is 10.4. The van der Waals surface area contributed by atoms with Crippen molar-refractivity contribution in [1.29, 1.82) is 0 Å². The zero-order chi connectivity index (χ0) is 18.5. The SMILES string of the molecule is O=C(COC(=O)c1ccc(Cl)cc1Cl)Nc1nnc(-c2ccccc2)o1. The molecule has 0 radical (unpaired) electrons. The van der Waals surface area contributed by atoms with Crippen LogP contribution >= 0.6 is 23.2 Å². The summed E-state index contributed by atoms with van der Waals surface area (Å²) in [6.07, 6.45) is 0. The van der Waals surface area contributed by atoms with E-state index in [1.54, 1.807) is 12.1 Å². The number of hydrogen-bond donors (Lipinski definition) is 1. The maximum absolute atomic E-state index is 11.9. The molecule has 1 amide bonds. The molecule has 3 aromatic rings. The quantitative estimate of drug-likeness (QED) is 0.663. The van der Waals surface area contributed by atoms with Crippen molar-refractivity contribution >= 4 is 41.1 Å². The van der Waals surface area contributed by atoms with E-state index >= 15 is 0 Å². The Hall–Kier alpha value is -2.90. The van der Waals surface area contributed by atoms with Crippen LogP contribution in [0.3, 0.4) is 0 Å². The Morgan fingerprint density at radius 2 is 1.85 bits per heavy atom. The molecule has 132 valence electrons. The van der Waals surface area contributed by atoms with Gasteiger partial charge < -0.3 is 9.15 Å².